The molecular weight excluding hydrogens is 248 g/mol. The molecule has 0 amide bonds. The van der Waals surface area contributed by atoms with E-state index in [1.807, 2.05) is 0 Å². The summed E-state index contributed by atoms with van der Waals surface area (Å²) in [6.07, 6.45) is 1.80. The molecule has 0 bridgehead atoms. The van der Waals surface area contributed by atoms with Crippen LogP contribution in [-0.4, -0.2) is 45.3 Å². The second-order valence-corrected chi connectivity index (χ2v) is 5.61. The molecule has 2 unspecified atom stereocenters. The number of hydrogen-bond donors (Lipinski definition) is 2. The Balaban J connectivity index is 1.80. The quantitative estimate of drug-likeness (QED) is 0.850. The molecule has 0 spiro atoms. The molecule has 2 aromatic rings. The van der Waals surface area contributed by atoms with Crippen LogP contribution < -0.4 is 10.2 Å². The van der Waals surface area contributed by atoms with E-state index in [1.165, 1.54) is 0 Å². The van der Waals surface area contributed by atoms with E-state index in [9.17, 15) is 0 Å². The molecule has 2 atom stereocenters. The van der Waals surface area contributed by atoms with Crippen molar-refractivity contribution in [3.63, 3.8) is 0 Å². The molecular formula is C11H16N6S. The third-order valence-corrected chi connectivity index (χ3v) is 3.76. The van der Waals surface area contributed by atoms with Crippen LogP contribution in [0.2, 0.25) is 0 Å². The van der Waals surface area contributed by atoms with Crippen LogP contribution in [0.3, 0.4) is 0 Å². The van der Waals surface area contributed by atoms with Gasteiger partial charge in [0.2, 0.25) is 5.95 Å². The maximum atomic E-state index is 4.55. The summed E-state index contributed by atoms with van der Waals surface area (Å²) in [7, 11) is 0. The molecule has 6 nitrogen and oxygen atoms in total. The zero-order valence-electron chi connectivity index (χ0n) is 10.4. The third-order valence-electron chi connectivity index (χ3n) is 2.98. The second kappa shape index (κ2) is 4.66. The van der Waals surface area contributed by atoms with Crippen LogP contribution in [0.25, 0.3) is 10.7 Å². The van der Waals surface area contributed by atoms with Gasteiger partial charge in [-0.1, -0.05) is 0 Å². The van der Waals surface area contributed by atoms with Crippen LogP contribution in [0.4, 0.5) is 5.95 Å². The second-order valence-electron chi connectivity index (χ2n) is 4.72. The number of H-pyrrole nitrogens is 1. The Bertz CT molecular complexity index is 497. The van der Waals surface area contributed by atoms with Crippen molar-refractivity contribution < 1.29 is 0 Å². The van der Waals surface area contributed by atoms with Gasteiger partial charge in [0.15, 0.2) is 5.82 Å². The summed E-state index contributed by atoms with van der Waals surface area (Å²) in [5.74, 6) is 1.57. The molecule has 3 rings (SSSR count). The average molecular weight is 264 g/mol. The highest BCUT2D eigenvalue weighted by molar-refractivity contribution is 7.13. The van der Waals surface area contributed by atoms with Crippen LogP contribution in [0, 0.1) is 0 Å². The number of thiazole rings is 1. The van der Waals surface area contributed by atoms with Gasteiger partial charge >= 0.3 is 0 Å². The largest absolute Gasteiger partial charge is 0.336 e. The fraction of sp³-hybridized carbons (Fsp3) is 0.545. The van der Waals surface area contributed by atoms with Crippen molar-refractivity contribution in [2.75, 3.05) is 18.0 Å². The van der Waals surface area contributed by atoms with Gasteiger partial charge in [-0.2, -0.15) is 4.98 Å². The first kappa shape index (κ1) is 11.6. The normalized spacial score (nSPS) is 24.4. The maximum absolute atomic E-state index is 4.55. The standard InChI is InChI=1S/C11H16N6S/c1-7-4-17(5-8(2)13-7)11-14-10(15-16-11)9-3-12-6-18-9/h3,6-8,13H,4-5H2,1-2H3,(H,14,15,16). The molecule has 0 saturated carbocycles. The highest BCUT2D eigenvalue weighted by Gasteiger charge is 2.23. The van der Waals surface area contributed by atoms with E-state index in [0.29, 0.717) is 12.1 Å². The lowest BCUT2D eigenvalue weighted by molar-refractivity contribution is 0.403. The van der Waals surface area contributed by atoms with Crippen molar-refractivity contribution in [3.05, 3.63) is 11.7 Å². The lowest BCUT2D eigenvalue weighted by Gasteiger charge is -2.35. The number of rotatable bonds is 2. The van der Waals surface area contributed by atoms with Gasteiger partial charge in [0.1, 0.15) is 0 Å². The number of piperazine rings is 1. The zero-order valence-corrected chi connectivity index (χ0v) is 11.2. The summed E-state index contributed by atoms with van der Waals surface area (Å²) in [6.45, 7) is 6.23. The Morgan fingerprint density at radius 1 is 1.33 bits per heavy atom. The molecule has 1 saturated heterocycles. The van der Waals surface area contributed by atoms with E-state index >= 15 is 0 Å². The Hall–Kier alpha value is -1.47. The van der Waals surface area contributed by atoms with Gasteiger partial charge in [-0.25, -0.2) is 0 Å². The van der Waals surface area contributed by atoms with Gasteiger partial charge in [0, 0.05) is 31.4 Å². The molecule has 1 aliphatic rings. The highest BCUT2D eigenvalue weighted by Crippen LogP contribution is 2.21. The summed E-state index contributed by atoms with van der Waals surface area (Å²) in [5, 5.41) is 10.8. The molecule has 3 heterocycles. The molecule has 2 aromatic heterocycles. The first-order chi connectivity index (χ1) is 8.72. The maximum Gasteiger partial charge on any atom is 0.245 e. The van der Waals surface area contributed by atoms with Gasteiger partial charge in [-0.05, 0) is 13.8 Å². The minimum atomic E-state index is 0.458. The van der Waals surface area contributed by atoms with E-state index in [2.05, 4.69) is 44.2 Å². The first-order valence-electron chi connectivity index (χ1n) is 6.04. The van der Waals surface area contributed by atoms with Crippen LogP contribution in [0.5, 0.6) is 0 Å². The van der Waals surface area contributed by atoms with Gasteiger partial charge in [0.05, 0.1) is 10.4 Å². The number of hydrogen-bond acceptors (Lipinski definition) is 6. The number of nitrogens with zero attached hydrogens (tertiary/aromatic N) is 4. The van der Waals surface area contributed by atoms with Crippen LogP contribution >= 0.6 is 11.3 Å². The minimum Gasteiger partial charge on any atom is -0.336 e. The van der Waals surface area contributed by atoms with Crippen LogP contribution in [0.1, 0.15) is 13.8 Å². The van der Waals surface area contributed by atoms with E-state index in [0.717, 1.165) is 29.7 Å². The lowest BCUT2D eigenvalue weighted by atomic mass is 10.1. The predicted molar refractivity (Wildman–Crippen MR) is 71.8 cm³/mol. The van der Waals surface area contributed by atoms with E-state index < -0.39 is 0 Å². The van der Waals surface area contributed by atoms with Crippen molar-refractivity contribution in [2.24, 2.45) is 0 Å². The van der Waals surface area contributed by atoms with E-state index in [-0.39, 0.29) is 0 Å². The molecule has 7 heteroatoms. The summed E-state index contributed by atoms with van der Waals surface area (Å²) >= 11 is 1.56. The molecule has 18 heavy (non-hydrogen) atoms. The van der Waals surface area contributed by atoms with Gasteiger partial charge in [-0.3, -0.25) is 10.1 Å². The predicted octanol–water partition coefficient (Wildman–Crippen LogP) is 1.11. The Morgan fingerprint density at radius 2 is 2.11 bits per heavy atom. The van der Waals surface area contributed by atoms with Crippen LogP contribution in [-0.2, 0) is 0 Å². The fourth-order valence-electron chi connectivity index (χ4n) is 2.33. The van der Waals surface area contributed by atoms with Gasteiger partial charge in [-0.15, -0.1) is 16.4 Å². The third kappa shape index (κ3) is 2.23. The first-order valence-corrected chi connectivity index (χ1v) is 6.92. The van der Waals surface area contributed by atoms with Crippen molar-refractivity contribution in [1.29, 1.82) is 0 Å². The molecule has 2 N–H and O–H groups in total. The van der Waals surface area contributed by atoms with Crippen LogP contribution in [0.15, 0.2) is 11.7 Å². The smallest absolute Gasteiger partial charge is 0.245 e. The monoisotopic (exact) mass is 264 g/mol. The zero-order chi connectivity index (χ0) is 12.5. The molecule has 0 radical (unpaired) electrons. The van der Waals surface area contributed by atoms with Crippen molar-refractivity contribution in [1.82, 2.24) is 25.5 Å². The van der Waals surface area contributed by atoms with E-state index in [1.54, 1.807) is 23.0 Å². The number of aromatic nitrogens is 4. The van der Waals surface area contributed by atoms with Gasteiger partial charge in [0.25, 0.3) is 0 Å². The molecule has 1 fully saturated rings. The highest BCUT2D eigenvalue weighted by atomic mass is 32.1. The van der Waals surface area contributed by atoms with Gasteiger partial charge < -0.3 is 10.2 Å². The Morgan fingerprint density at radius 3 is 2.78 bits per heavy atom. The number of anilines is 1. The topological polar surface area (TPSA) is 69.7 Å². The average Bonchev–Trinajstić information content (AvgIpc) is 2.99. The fourth-order valence-corrected chi connectivity index (χ4v) is 2.89. The number of nitrogens with one attached hydrogen (secondary N) is 2. The molecule has 0 aliphatic carbocycles. The van der Waals surface area contributed by atoms with Crippen molar-refractivity contribution in [3.8, 4) is 10.7 Å². The summed E-state index contributed by atoms with van der Waals surface area (Å²) < 4.78 is 0. The summed E-state index contributed by atoms with van der Waals surface area (Å²) in [4.78, 5) is 11.8. The number of aromatic amines is 1. The van der Waals surface area contributed by atoms with Crippen molar-refractivity contribution >= 4 is 17.3 Å². The Kier molecular flexibility index (Phi) is 3.00. The summed E-state index contributed by atoms with van der Waals surface area (Å²) in [6, 6.07) is 0.915. The van der Waals surface area contributed by atoms with E-state index in [4.69, 9.17) is 0 Å². The Labute approximate surface area is 109 Å². The molecule has 0 aromatic carbocycles. The van der Waals surface area contributed by atoms with Crippen molar-refractivity contribution in [2.45, 2.75) is 25.9 Å². The molecule has 96 valence electrons. The molecule has 1 aliphatic heterocycles. The SMILES string of the molecule is CC1CN(c2n[nH]c(-c3cncs3)n2)CC(C)N1. The minimum absolute atomic E-state index is 0.458. The summed E-state index contributed by atoms with van der Waals surface area (Å²) in [5.41, 5.74) is 1.80. The lowest BCUT2D eigenvalue weighted by Crippen LogP contribution is -2.54.